The summed E-state index contributed by atoms with van der Waals surface area (Å²) < 4.78 is 10.5. The van der Waals surface area contributed by atoms with E-state index in [4.69, 9.17) is 9.47 Å². The lowest BCUT2D eigenvalue weighted by atomic mass is 10.2. The van der Waals surface area contributed by atoms with Crippen LogP contribution in [0.25, 0.3) is 0 Å². The predicted octanol–water partition coefficient (Wildman–Crippen LogP) is 1.80. The smallest absolute Gasteiger partial charge is 0.224 e. The van der Waals surface area contributed by atoms with Crippen molar-refractivity contribution >= 4 is 11.3 Å². The average molecular weight is 280 g/mol. The fourth-order valence-electron chi connectivity index (χ4n) is 1.67. The molecule has 0 aliphatic rings. The van der Waals surface area contributed by atoms with Crippen molar-refractivity contribution in [1.29, 1.82) is 0 Å². The van der Waals surface area contributed by atoms with E-state index >= 15 is 0 Å². The Morgan fingerprint density at radius 3 is 2.42 bits per heavy atom. The summed E-state index contributed by atoms with van der Waals surface area (Å²) in [5, 5.41) is 6.35. The van der Waals surface area contributed by atoms with Gasteiger partial charge in [0.2, 0.25) is 11.8 Å². The molecule has 0 saturated heterocycles. The van der Waals surface area contributed by atoms with Crippen LogP contribution in [-0.2, 0) is 6.54 Å². The van der Waals surface area contributed by atoms with Crippen LogP contribution in [0, 0.1) is 0 Å². The van der Waals surface area contributed by atoms with Crippen LogP contribution in [0.4, 0.5) is 0 Å². The Bertz CT molecular complexity index is 496. The normalized spacial score (nSPS) is 12.2. The number of ether oxygens (including phenoxy) is 2. The quantitative estimate of drug-likeness (QED) is 0.870. The summed E-state index contributed by atoms with van der Waals surface area (Å²) in [6.07, 6.45) is 3.22. The van der Waals surface area contributed by atoms with E-state index in [1.54, 1.807) is 31.8 Å². The summed E-state index contributed by atoms with van der Waals surface area (Å²) in [6.45, 7) is 2.61. The molecule has 0 saturated carbocycles. The van der Waals surface area contributed by atoms with Crippen LogP contribution < -0.4 is 14.8 Å². The van der Waals surface area contributed by atoms with Crippen LogP contribution in [0.2, 0.25) is 0 Å². The molecule has 0 spiro atoms. The predicted molar refractivity (Wildman–Crippen MR) is 72.5 cm³/mol. The van der Waals surface area contributed by atoms with Crippen LogP contribution in [0.3, 0.4) is 0 Å². The average Bonchev–Trinajstić information content (AvgIpc) is 2.98. The van der Waals surface area contributed by atoms with Crippen LogP contribution >= 0.6 is 11.3 Å². The second-order valence-corrected chi connectivity index (χ2v) is 4.77. The van der Waals surface area contributed by atoms with Crippen molar-refractivity contribution in [3.63, 3.8) is 0 Å². The molecule has 0 aliphatic heterocycles. The standard InChI is InChI=1S/C12H16N4O2S/c1-8(12-13-4-5-19-12)14-6-9-10(17-2)15-7-16-11(9)18-3/h4-5,7-8,14H,6H2,1-3H3. The molecule has 102 valence electrons. The van der Waals surface area contributed by atoms with Gasteiger partial charge < -0.3 is 14.8 Å². The highest BCUT2D eigenvalue weighted by Crippen LogP contribution is 2.24. The maximum atomic E-state index is 5.23. The molecule has 2 heterocycles. The van der Waals surface area contributed by atoms with E-state index in [1.807, 2.05) is 5.38 Å². The summed E-state index contributed by atoms with van der Waals surface area (Å²) in [4.78, 5) is 12.4. The van der Waals surface area contributed by atoms with Crippen LogP contribution in [0.15, 0.2) is 17.9 Å². The molecule has 0 radical (unpaired) electrons. The number of hydrogen-bond acceptors (Lipinski definition) is 7. The number of thiazole rings is 1. The third-order valence-electron chi connectivity index (χ3n) is 2.66. The lowest BCUT2D eigenvalue weighted by Gasteiger charge is -2.14. The molecule has 19 heavy (non-hydrogen) atoms. The van der Waals surface area contributed by atoms with E-state index < -0.39 is 0 Å². The van der Waals surface area contributed by atoms with E-state index in [-0.39, 0.29) is 6.04 Å². The molecule has 2 rings (SSSR count). The molecular weight excluding hydrogens is 264 g/mol. The highest BCUT2D eigenvalue weighted by molar-refractivity contribution is 7.09. The Morgan fingerprint density at radius 2 is 1.89 bits per heavy atom. The number of nitrogens with zero attached hydrogens (tertiary/aromatic N) is 3. The molecule has 0 fully saturated rings. The second-order valence-electron chi connectivity index (χ2n) is 3.84. The number of methoxy groups -OCH3 is 2. The highest BCUT2D eigenvalue weighted by atomic mass is 32.1. The molecule has 2 aromatic heterocycles. The first-order valence-electron chi connectivity index (χ1n) is 5.81. The molecular formula is C12H16N4O2S. The van der Waals surface area contributed by atoms with Crippen molar-refractivity contribution in [2.24, 2.45) is 0 Å². The van der Waals surface area contributed by atoms with Gasteiger partial charge in [-0.2, -0.15) is 0 Å². The fourth-order valence-corrected chi connectivity index (χ4v) is 2.35. The molecule has 0 aliphatic carbocycles. The Balaban J connectivity index is 2.10. The van der Waals surface area contributed by atoms with Crippen LogP contribution in [0.1, 0.15) is 23.5 Å². The number of aromatic nitrogens is 3. The van der Waals surface area contributed by atoms with Gasteiger partial charge in [0.1, 0.15) is 11.3 Å². The van der Waals surface area contributed by atoms with Gasteiger partial charge in [-0.15, -0.1) is 11.3 Å². The summed E-state index contributed by atoms with van der Waals surface area (Å²) in [7, 11) is 3.16. The molecule has 7 heteroatoms. The lowest BCUT2D eigenvalue weighted by Crippen LogP contribution is -2.19. The summed E-state index contributed by atoms with van der Waals surface area (Å²) in [5.41, 5.74) is 0.802. The maximum Gasteiger partial charge on any atom is 0.224 e. The largest absolute Gasteiger partial charge is 0.481 e. The Morgan fingerprint density at radius 1 is 1.21 bits per heavy atom. The maximum absolute atomic E-state index is 5.23. The molecule has 0 bridgehead atoms. The molecule has 1 N–H and O–H groups in total. The summed E-state index contributed by atoms with van der Waals surface area (Å²) in [6, 6.07) is 0.148. The number of hydrogen-bond donors (Lipinski definition) is 1. The zero-order valence-corrected chi connectivity index (χ0v) is 11.9. The van der Waals surface area contributed by atoms with Gasteiger partial charge in [0.05, 0.1) is 25.8 Å². The topological polar surface area (TPSA) is 69.2 Å². The lowest BCUT2D eigenvalue weighted by molar-refractivity contribution is 0.357. The van der Waals surface area contributed by atoms with Gasteiger partial charge in [-0.1, -0.05) is 0 Å². The van der Waals surface area contributed by atoms with E-state index in [0.29, 0.717) is 18.3 Å². The molecule has 2 aromatic rings. The van der Waals surface area contributed by atoms with Gasteiger partial charge in [0, 0.05) is 18.1 Å². The van der Waals surface area contributed by atoms with Crippen molar-refractivity contribution < 1.29 is 9.47 Å². The van der Waals surface area contributed by atoms with Crippen molar-refractivity contribution in [3.05, 3.63) is 28.5 Å². The van der Waals surface area contributed by atoms with Gasteiger partial charge in [0.15, 0.2) is 0 Å². The van der Waals surface area contributed by atoms with E-state index in [2.05, 4.69) is 27.2 Å². The summed E-state index contributed by atoms with van der Waals surface area (Å²) >= 11 is 1.62. The Kier molecular flexibility index (Phi) is 4.64. The zero-order valence-electron chi connectivity index (χ0n) is 11.1. The minimum atomic E-state index is 0.148. The minimum Gasteiger partial charge on any atom is -0.481 e. The summed E-state index contributed by atoms with van der Waals surface area (Å²) in [5.74, 6) is 1.04. The Labute approximate surface area is 115 Å². The SMILES string of the molecule is COc1ncnc(OC)c1CNC(C)c1nccs1. The van der Waals surface area contributed by atoms with Crippen LogP contribution in [0.5, 0.6) is 11.8 Å². The molecule has 1 unspecified atom stereocenters. The molecule has 0 aromatic carbocycles. The van der Waals surface area contributed by atoms with Gasteiger partial charge >= 0.3 is 0 Å². The van der Waals surface area contributed by atoms with E-state index in [1.165, 1.54) is 6.33 Å². The second kappa shape index (κ2) is 6.44. The van der Waals surface area contributed by atoms with Gasteiger partial charge in [0.25, 0.3) is 0 Å². The van der Waals surface area contributed by atoms with Crippen LogP contribution in [-0.4, -0.2) is 29.2 Å². The number of nitrogens with one attached hydrogen (secondary N) is 1. The Hall–Kier alpha value is -1.73. The van der Waals surface area contributed by atoms with Crippen molar-refractivity contribution in [2.75, 3.05) is 14.2 Å². The zero-order chi connectivity index (χ0) is 13.7. The van der Waals surface area contributed by atoms with Gasteiger partial charge in [-0.25, -0.2) is 15.0 Å². The first-order valence-corrected chi connectivity index (χ1v) is 6.68. The van der Waals surface area contributed by atoms with E-state index in [0.717, 1.165) is 10.6 Å². The van der Waals surface area contributed by atoms with Crippen molar-refractivity contribution in [2.45, 2.75) is 19.5 Å². The van der Waals surface area contributed by atoms with Crippen molar-refractivity contribution in [1.82, 2.24) is 20.3 Å². The van der Waals surface area contributed by atoms with Gasteiger partial charge in [-0.05, 0) is 6.92 Å². The van der Waals surface area contributed by atoms with Gasteiger partial charge in [-0.3, -0.25) is 0 Å². The molecule has 0 amide bonds. The first-order chi connectivity index (χ1) is 9.26. The monoisotopic (exact) mass is 280 g/mol. The fraction of sp³-hybridized carbons (Fsp3) is 0.417. The van der Waals surface area contributed by atoms with Crippen molar-refractivity contribution in [3.8, 4) is 11.8 Å². The third-order valence-corrected chi connectivity index (χ3v) is 3.62. The first kappa shape index (κ1) is 13.7. The van der Waals surface area contributed by atoms with E-state index in [9.17, 15) is 0 Å². The third kappa shape index (κ3) is 3.18. The number of rotatable bonds is 6. The molecule has 1 atom stereocenters. The minimum absolute atomic E-state index is 0.148. The highest BCUT2D eigenvalue weighted by Gasteiger charge is 2.15. The molecule has 6 nitrogen and oxygen atoms in total.